The van der Waals surface area contributed by atoms with Crippen LogP contribution in [0.5, 0.6) is 0 Å². The summed E-state index contributed by atoms with van der Waals surface area (Å²) >= 11 is 9.95. The van der Waals surface area contributed by atoms with Gasteiger partial charge in [0.25, 0.3) is 0 Å². The van der Waals surface area contributed by atoms with E-state index in [0.717, 1.165) is 37.2 Å². The second kappa shape index (κ2) is 12.4. The maximum Gasteiger partial charge on any atom is 0.338 e. The second-order valence-electron chi connectivity index (χ2n) is 9.45. The summed E-state index contributed by atoms with van der Waals surface area (Å²) in [7, 11) is 1.34. The minimum Gasteiger partial charge on any atom is -0.466 e. The first-order valence-corrected chi connectivity index (χ1v) is 13.8. The van der Waals surface area contributed by atoms with Gasteiger partial charge in [-0.3, -0.25) is 19.8 Å². The van der Waals surface area contributed by atoms with Crippen molar-refractivity contribution in [3.63, 3.8) is 0 Å². The summed E-state index contributed by atoms with van der Waals surface area (Å²) in [4.78, 5) is 27.1. The Hall–Kier alpha value is -3.11. The molecule has 2 aliphatic heterocycles. The van der Waals surface area contributed by atoms with Crippen molar-refractivity contribution >= 4 is 39.3 Å². The molecule has 0 spiro atoms. The normalized spacial score (nSPS) is 18.5. The van der Waals surface area contributed by atoms with Gasteiger partial charge in [0.15, 0.2) is 5.84 Å². The molecule has 0 radical (unpaired) electrons. The molecule has 1 saturated heterocycles. The number of benzene rings is 2. The molecule has 2 aromatic carbocycles. The summed E-state index contributed by atoms with van der Waals surface area (Å²) in [6.45, 7) is 4.81. The van der Waals surface area contributed by atoms with E-state index in [9.17, 15) is 9.18 Å². The number of aliphatic imine (C=N–C) groups is 1. The van der Waals surface area contributed by atoms with Crippen LogP contribution in [0.25, 0.3) is 0 Å². The fraction of sp³-hybridized carbons (Fsp3) is 0.276. The number of pyridine rings is 1. The summed E-state index contributed by atoms with van der Waals surface area (Å²) < 4.78 is 20.1. The van der Waals surface area contributed by atoms with E-state index >= 15 is 0 Å². The lowest BCUT2D eigenvalue weighted by molar-refractivity contribution is -0.136. The van der Waals surface area contributed by atoms with Gasteiger partial charge in [0, 0.05) is 66.2 Å². The van der Waals surface area contributed by atoms with Crippen molar-refractivity contribution in [1.82, 2.24) is 20.1 Å². The number of rotatable bonds is 7. The third-order valence-electron chi connectivity index (χ3n) is 6.86. The molecule has 5 rings (SSSR count). The number of carbonyl (C=O) groups is 1. The molecular weight excluding hydrogens is 585 g/mol. The van der Waals surface area contributed by atoms with Crippen LogP contribution in [0.3, 0.4) is 0 Å². The summed E-state index contributed by atoms with van der Waals surface area (Å²) in [5.41, 5.74) is 3.44. The van der Waals surface area contributed by atoms with Gasteiger partial charge >= 0.3 is 5.97 Å². The lowest BCUT2D eigenvalue weighted by Crippen LogP contribution is -2.48. The number of aromatic nitrogens is 1. The zero-order valence-corrected chi connectivity index (χ0v) is 23.8. The molecule has 7 nitrogen and oxygen atoms in total. The van der Waals surface area contributed by atoms with Crippen molar-refractivity contribution in [3.8, 4) is 0 Å². The third-order valence-corrected chi connectivity index (χ3v) is 7.72. The minimum atomic E-state index is -0.780. The average molecular weight is 613 g/mol. The van der Waals surface area contributed by atoms with Crippen LogP contribution in [-0.4, -0.2) is 66.4 Å². The summed E-state index contributed by atoms with van der Waals surface area (Å²) in [5.74, 6) is -0.463. The van der Waals surface area contributed by atoms with E-state index in [1.165, 1.54) is 24.8 Å². The van der Waals surface area contributed by atoms with Crippen molar-refractivity contribution < 1.29 is 13.9 Å². The number of methoxy groups -OCH3 is 1. The molecule has 39 heavy (non-hydrogen) atoms. The smallest absolute Gasteiger partial charge is 0.338 e. The average Bonchev–Trinajstić information content (AvgIpc) is 2.95. The highest BCUT2D eigenvalue weighted by Crippen LogP contribution is 2.36. The lowest BCUT2D eigenvalue weighted by Gasteiger charge is -2.36. The largest absolute Gasteiger partial charge is 0.466 e. The van der Waals surface area contributed by atoms with Crippen molar-refractivity contribution in [2.45, 2.75) is 12.6 Å². The van der Waals surface area contributed by atoms with E-state index in [0.29, 0.717) is 34.9 Å². The third kappa shape index (κ3) is 6.55. The number of carbonyl (C=O) groups excluding carboxylic acids is 1. The van der Waals surface area contributed by atoms with Gasteiger partial charge in [-0.25, -0.2) is 9.18 Å². The molecule has 1 unspecified atom stereocenters. The Kier molecular flexibility index (Phi) is 8.72. The van der Waals surface area contributed by atoms with Crippen LogP contribution in [0.1, 0.15) is 22.9 Å². The lowest BCUT2D eigenvalue weighted by atomic mass is 9.94. The molecule has 1 N–H and O–H groups in total. The molecule has 0 aliphatic carbocycles. The van der Waals surface area contributed by atoms with Crippen LogP contribution < -0.4 is 5.32 Å². The second-order valence-corrected chi connectivity index (χ2v) is 10.8. The first-order chi connectivity index (χ1) is 18.9. The zero-order chi connectivity index (χ0) is 27.4. The van der Waals surface area contributed by atoms with Gasteiger partial charge in [-0.05, 0) is 42.0 Å². The molecule has 0 saturated carbocycles. The van der Waals surface area contributed by atoms with Gasteiger partial charge in [-0.2, -0.15) is 0 Å². The van der Waals surface area contributed by atoms with Crippen LogP contribution in [0.2, 0.25) is 5.02 Å². The topological polar surface area (TPSA) is 70.1 Å². The highest BCUT2D eigenvalue weighted by molar-refractivity contribution is 9.10. The number of halogens is 3. The SMILES string of the molecule is COC(=O)C1=C(CN2CCN(Cc3ccc(Br)cc3)CC2)NC(c2ccccn2)=NC1c1ccc(F)cc1Cl. The van der Waals surface area contributed by atoms with Crippen LogP contribution in [0, 0.1) is 5.82 Å². The van der Waals surface area contributed by atoms with Crippen LogP contribution in [0.15, 0.2) is 87.6 Å². The molecule has 2 aliphatic rings. The van der Waals surface area contributed by atoms with Gasteiger partial charge in [0.1, 0.15) is 17.6 Å². The molecular formula is C29H28BrClFN5O2. The number of amidine groups is 1. The number of nitrogens with one attached hydrogen (secondary N) is 1. The van der Waals surface area contributed by atoms with Crippen LogP contribution in [-0.2, 0) is 16.1 Å². The first-order valence-electron chi connectivity index (χ1n) is 12.6. The van der Waals surface area contributed by atoms with E-state index in [4.69, 9.17) is 21.3 Å². The first kappa shape index (κ1) is 27.5. The number of piperazine rings is 1. The quantitative estimate of drug-likeness (QED) is 0.380. The molecule has 1 atom stereocenters. The Labute approximate surface area is 240 Å². The highest BCUT2D eigenvalue weighted by atomic mass is 79.9. The van der Waals surface area contributed by atoms with Gasteiger partial charge in [0.2, 0.25) is 0 Å². The van der Waals surface area contributed by atoms with Crippen molar-refractivity contribution in [3.05, 3.63) is 110 Å². The Morgan fingerprint density at radius 3 is 2.44 bits per heavy atom. The van der Waals surface area contributed by atoms with Gasteiger partial charge in [-0.15, -0.1) is 0 Å². The van der Waals surface area contributed by atoms with E-state index < -0.39 is 17.8 Å². The van der Waals surface area contributed by atoms with Crippen molar-refractivity contribution in [2.75, 3.05) is 39.8 Å². The zero-order valence-electron chi connectivity index (χ0n) is 21.4. The molecule has 3 heterocycles. The van der Waals surface area contributed by atoms with Crippen LogP contribution >= 0.6 is 27.5 Å². The molecule has 1 fully saturated rings. The van der Waals surface area contributed by atoms with E-state index in [2.05, 4.69) is 60.3 Å². The maximum atomic E-state index is 13.9. The number of hydrogen-bond donors (Lipinski definition) is 1. The summed E-state index contributed by atoms with van der Waals surface area (Å²) in [6, 6.07) is 17.3. The molecule has 10 heteroatoms. The molecule has 3 aromatic rings. The predicted octanol–water partition coefficient (Wildman–Crippen LogP) is 4.97. The standard InChI is InChI=1S/C29H28BrClFN5O2/c1-39-29(38)26-25(18-37-14-12-36(13-15-37)17-19-5-7-20(30)8-6-19)34-28(24-4-2-3-11-33-24)35-27(26)22-10-9-21(32)16-23(22)31/h2-11,16,27H,12-15,17-18H2,1H3,(H,34,35). The molecule has 1 aromatic heterocycles. The monoisotopic (exact) mass is 611 g/mol. The predicted molar refractivity (Wildman–Crippen MR) is 153 cm³/mol. The van der Waals surface area contributed by atoms with E-state index in [1.807, 2.05) is 18.2 Å². The van der Waals surface area contributed by atoms with E-state index in [-0.39, 0.29) is 5.02 Å². The Morgan fingerprint density at radius 1 is 1.08 bits per heavy atom. The number of hydrogen-bond acceptors (Lipinski definition) is 7. The van der Waals surface area contributed by atoms with Crippen LogP contribution in [0.4, 0.5) is 4.39 Å². The minimum absolute atomic E-state index is 0.188. The maximum absolute atomic E-state index is 13.9. The summed E-state index contributed by atoms with van der Waals surface area (Å²) in [6.07, 6.45) is 1.68. The van der Waals surface area contributed by atoms with Gasteiger partial charge < -0.3 is 10.1 Å². The summed E-state index contributed by atoms with van der Waals surface area (Å²) in [5, 5.41) is 3.55. The Balaban J connectivity index is 1.41. The van der Waals surface area contributed by atoms with E-state index in [1.54, 1.807) is 12.3 Å². The molecule has 0 bridgehead atoms. The Morgan fingerprint density at radius 2 is 1.79 bits per heavy atom. The van der Waals surface area contributed by atoms with Crippen molar-refractivity contribution in [2.24, 2.45) is 4.99 Å². The number of esters is 1. The molecule has 202 valence electrons. The fourth-order valence-electron chi connectivity index (χ4n) is 4.83. The van der Waals surface area contributed by atoms with Gasteiger partial charge in [-0.1, -0.05) is 51.8 Å². The Bertz CT molecular complexity index is 1390. The number of nitrogens with zero attached hydrogens (tertiary/aromatic N) is 4. The molecule has 0 amide bonds. The van der Waals surface area contributed by atoms with Gasteiger partial charge in [0.05, 0.1) is 12.7 Å². The highest BCUT2D eigenvalue weighted by Gasteiger charge is 2.34. The fourth-order valence-corrected chi connectivity index (χ4v) is 5.36. The number of ether oxygens (including phenoxy) is 1. The van der Waals surface area contributed by atoms with Crippen molar-refractivity contribution in [1.29, 1.82) is 0 Å².